The predicted octanol–water partition coefficient (Wildman–Crippen LogP) is 2.33. The molecule has 0 aliphatic rings. The topological polar surface area (TPSA) is 154 Å². The quantitative estimate of drug-likeness (QED) is 0.0845. The molecule has 0 radical (unpaired) electrons. The number of rotatable bonds is 42. The van der Waals surface area contributed by atoms with Gasteiger partial charge in [0.25, 0.3) is 0 Å². The highest BCUT2D eigenvalue weighted by molar-refractivity contribution is 5.80. The van der Waals surface area contributed by atoms with Crippen molar-refractivity contribution >= 4 is 11.6 Å². The van der Waals surface area contributed by atoms with Crippen LogP contribution in [-0.4, -0.2) is 184 Å². The van der Waals surface area contributed by atoms with Crippen molar-refractivity contribution in [1.82, 2.24) is 0 Å². The third-order valence-corrected chi connectivity index (χ3v) is 6.90. The minimum atomic E-state index is -0.322. The first-order valence-electron chi connectivity index (χ1n) is 17.7. The molecule has 15 heteroatoms. The summed E-state index contributed by atoms with van der Waals surface area (Å²) in [4.78, 5) is 23.1. The lowest BCUT2D eigenvalue weighted by Gasteiger charge is -2.21. The van der Waals surface area contributed by atoms with Gasteiger partial charge in [0.1, 0.15) is 29.9 Å². The summed E-state index contributed by atoms with van der Waals surface area (Å²) in [6.07, 6.45) is 2.71. The van der Waals surface area contributed by atoms with Gasteiger partial charge in [-0.3, -0.25) is 4.79 Å². The van der Waals surface area contributed by atoms with Crippen LogP contribution in [0.4, 0.5) is 0 Å². The van der Waals surface area contributed by atoms with E-state index in [1.54, 1.807) is 35.4 Å². The minimum absolute atomic E-state index is 0.113. The number of carbonyl (C=O) groups excluding carboxylic acids is 2. The zero-order valence-corrected chi connectivity index (χ0v) is 31.5. The number of hydrogen-bond acceptors (Lipinski definition) is 15. The van der Waals surface area contributed by atoms with E-state index in [1.165, 1.54) is 0 Å². The summed E-state index contributed by atoms with van der Waals surface area (Å²) in [5.74, 6) is 0.296. The largest absolute Gasteiger partial charge is 0.382 e. The fraction of sp³-hybridized carbons (Fsp3) is 0.943. The molecule has 0 aromatic rings. The summed E-state index contributed by atoms with van der Waals surface area (Å²) in [5.41, 5.74) is 0. The maximum absolute atomic E-state index is 12.0. The van der Waals surface area contributed by atoms with E-state index in [9.17, 15) is 9.59 Å². The molecular formula is C35H68O15. The molecule has 15 nitrogen and oxygen atoms in total. The summed E-state index contributed by atoms with van der Waals surface area (Å²) in [6.45, 7) is 9.38. The van der Waals surface area contributed by atoms with Crippen LogP contribution < -0.4 is 0 Å². The van der Waals surface area contributed by atoms with Gasteiger partial charge in [0.15, 0.2) is 0 Å². The van der Waals surface area contributed by atoms with E-state index in [4.69, 9.17) is 61.6 Å². The molecule has 0 aromatic carbocycles. The van der Waals surface area contributed by atoms with E-state index < -0.39 is 0 Å². The van der Waals surface area contributed by atoms with E-state index in [0.29, 0.717) is 151 Å². The lowest BCUT2D eigenvalue weighted by atomic mass is 10.1. The monoisotopic (exact) mass is 728 g/mol. The molecule has 298 valence electrons. The molecule has 3 atom stereocenters. The van der Waals surface area contributed by atoms with Gasteiger partial charge < -0.3 is 66.4 Å². The fourth-order valence-electron chi connectivity index (χ4n) is 4.18. The van der Waals surface area contributed by atoms with Gasteiger partial charge in [0, 0.05) is 54.3 Å². The Balaban J connectivity index is 4.62. The molecule has 0 spiro atoms. The number of unbranched alkanes of at least 4 members (excludes halogenated alkanes) is 1. The third-order valence-electron chi connectivity index (χ3n) is 6.90. The number of ketones is 2. The number of carbonyl (C=O) groups is 2. The van der Waals surface area contributed by atoms with Crippen molar-refractivity contribution in [3.8, 4) is 0 Å². The highest BCUT2D eigenvalue weighted by Crippen LogP contribution is 2.06. The Morgan fingerprint density at radius 1 is 0.380 bits per heavy atom. The maximum Gasteiger partial charge on any atom is 0.132 e. The van der Waals surface area contributed by atoms with E-state index in [-0.39, 0.29) is 29.9 Å². The van der Waals surface area contributed by atoms with Crippen LogP contribution in [0.15, 0.2) is 0 Å². The molecule has 50 heavy (non-hydrogen) atoms. The van der Waals surface area contributed by atoms with Gasteiger partial charge in [0.2, 0.25) is 0 Å². The van der Waals surface area contributed by atoms with E-state index in [1.807, 2.05) is 0 Å². The first-order valence-corrected chi connectivity index (χ1v) is 17.7. The molecular weight excluding hydrogens is 660 g/mol. The SMILES string of the molecule is COCCOCC(COCCOCC(COCCCCC(=O)CCCC(C)=O)OCCOCC(COCCOC)OCCOC)OCCOC. The summed E-state index contributed by atoms with van der Waals surface area (Å²) in [5, 5.41) is 0. The molecule has 0 saturated heterocycles. The molecule has 0 bridgehead atoms. The summed E-state index contributed by atoms with van der Waals surface area (Å²) >= 11 is 0. The molecule has 0 fully saturated rings. The predicted molar refractivity (Wildman–Crippen MR) is 185 cm³/mol. The molecule has 0 amide bonds. The number of Topliss-reactive ketones (excluding diaryl/α,β-unsaturated/α-hetero) is 2. The molecule has 0 aromatic heterocycles. The normalized spacial score (nSPS) is 13.5. The average molecular weight is 729 g/mol. The Morgan fingerprint density at radius 3 is 1.10 bits per heavy atom. The van der Waals surface area contributed by atoms with Gasteiger partial charge >= 0.3 is 0 Å². The van der Waals surface area contributed by atoms with Crippen LogP contribution in [0.5, 0.6) is 0 Å². The van der Waals surface area contributed by atoms with Crippen molar-refractivity contribution in [2.24, 2.45) is 0 Å². The van der Waals surface area contributed by atoms with Crippen LogP contribution >= 0.6 is 0 Å². The lowest BCUT2D eigenvalue weighted by Crippen LogP contribution is -2.31. The zero-order valence-electron chi connectivity index (χ0n) is 31.5. The first kappa shape index (κ1) is 48.8. The van der Waals surface area contributed by atoms with Crippen LogP contribution in [0.3, 0.4) is 0 Å². The Hall–Kier alpha value is -1.18. The fourth-order valence-corrected chi connectivity index (χ4v) is 4.18. The van der Waals surface area contributed by atoms with Gasteiger partial charge in [-0.05, 0) is 26.2 Å². The smallest absolute Gasteiger partial charge is 0.132 e. The Morgan fingerprint density at radius 2 is 0.700 bits per heavy atom. The van der Waals surface area contributed by atoms with Crippen molar-refractivity contribution in [3.05, 3.63) is 0 Å². The molecule has 0 rings (SSSR count). The summed E-state index contributed by atoms with van der Waals surface area (Å²) in [6, 6.07) is 0. The van der Waals surface area contributed by atoms with Gasteiger partial charge in [-0.1, -0.05) is 0 Å². The van der Waals surface area contributed by atoms with Crippen LogP contribution in [0.25, 0.3) is 0 Å². The maximum atomic E-state index is 12.0. The van der Waals surface area contributed by atoms with E-state index in [0.717, 1.165) is 12.8 Å². The van der Waals surface area contributed by atoms with Crippen molar-refractivity contribution in [3.63, 3.8) is 0 Å². The molecule has 0 saturated carbocycles. The van der Waals surface area contributed by atoms with Crippen LogP contribution in [0.2, 0.25) is 0 Å². The van der Waals surface area contributed by atoms with E-state index >= 15 is 0 Å². The number of hydrogen-bond donors (Lipinski definition) is 0. The molecule has 0 aliphatic carbocycles. The van der Waals surface area contributed by atoms with Crippen molar-refractivity contribution in [1.29, 1.82) is 0 Å². The summed E-state index contributed by atoms with van der Waals surface area (Å²) in [7, 11) is 6.50. The molecule has 3 unspecified atom stereocenters. The highest BCUT2D eigenvalue weighted by Gasteiger charge is 2.14. The van der Waals surface area contributed by atoms with Crippen molar-refractivity contribution in [2.75, 3.05) is 154 Å². The average Bonchev–Trinajstić information content (AvgIpc) is 3.10. The minimum Gasteiger partial charge on any atom is -0.382 e. The zero-order chi connectivity index (χ0) is 36.8. The second-order valence-corrected chi connectivity index (χ2v) is 11.5. The Kier molecular flexibility index (Phi) is 38.1. The summed E-state index contributed by atoms with van der Waals surface area (Å²) < 4.78 is 72.4. The van der Waals surface area contributed by atoms with Crippen LogP contribution in [0.1, 0.15) is 45.4 Å². The lowest BCUT2D eigenvalue weighted by molar-refractivity contribution is -0.119. The van der Waals surface area contributed by atoms with Crippen molar-refractivity contribution in [2.45, 2.75) is 63.8 Å². The van der Waals surface area contributed by atoms with Crippen molar-refractivity contribution < 1.29 is 71.2 Å². The third kappa shape index (κ3) is 35.2. The number of ether oxygens (including phenoxy) is 13. The molecule has 0 N–H and O–H groups in total. The molecule has 0 heterocycles. The first-order chi connectivity index (χ1) is 24.5. The second-order valence-electron chi connectivity index (χ2n) is 11.5. The second kappa shape index (κ2) is 39.0. The number of methoxy groups -OCH3 is 4. The Labute approximate surface area is 300 Å². The molecule has 0 aliphatic heterocycles. The van der Waals surface area contributed by atoms with Gasteiger partial charge in [0.05, 0.1) is 119 Å². The standard InChI is InChI=1S/C35H68O15/c1-31(36)9-8-11-32(37)10-6-7-12-42-25-33(50-24-21-47-30-35(49-23-16-41-5)27-44-18-14-39-3)28-45-19-20-46-29-34(48-22-15-40-4)26-43-17-13-38-2/h33-35H,6-30H2,1-5H3. The van der Waals surface area contributed by atoms with Crippen LogP contribution in [-0.2, 0) is 71.2 Å². The van der Waals surface area contributed by atoms with Gasteiger partial charge in [-0.25, -0.2) is 0 Å². The van der Waals surface area contributed by atoms with E-state index in [2.05, 4.69) is 0 Å². The highest BCUT2D eigenvalue weighted by atomic mass is 16.6. The van der Waals surface area contributed by atoms with Gasteiger partial charge in [-0.2, -0.15) is 0 Å². The van der Waals surface area contributed by atoms with Gasteiger partial charge in [-0.15, -0.1) is 0 Å². The van der Waals surface area contributed by atoms with Crippen LogP contribution in [0, 0.1) is 0 Å². The Bertz CT molecular complexity index is 730.